The van der Waals surface area contributed by atoms with Crippen LogP contribution in [0, 0.1) is 11.3 Å². The zero-order chi connectivity index (χ0) is 48.3. The maximum Gasteiger partial charge on any atom is 0.407 e. The number of fused-ring (bicyclic) bond motifs is 6. The molecule has 7 atom stereocenters. The first-order valence-corrected chi connectivity index (χ1v) is 23.7. The summed E-state index contributed by atoms with van der Waals surface area (Å²) in [6, 6.07) is 11.9. The molecule has 1 saturated heterocycles. The fourth-order valence-corrected chi connectivity index (χ4v) is 9.85. The topological polar surface area (TPSA) is 193 Å². The molecule has 7 rings (SSSR count). The van der Waals surface area contributed by atoms with Crippen molar-refractivity contribution in [2.45, 2.75) is 137 Å². The largest absolute Gasteiger partial charge is 0.488 e. The lowest BCUT2D eigenvalue weighted by Crippen LogP contribution is -2.54. The number of hydrogen-bond acceptors (Lipinski definition) is 10. The summed E-state index contributed by atoms with van der Waals surface area (Å²) in [5, 5.41) is 7.33. The van der Waals surface area contributed by atoms with Crippen LogP contribution in [0.4, 0.5) is 9.59 Å². The van der Waals surface area contributed by atoms with Gasteiger partial charge in [-0.15, -0.1) is 0 Å². The van der Waals surface area contributed by atoms with Crippen LogP contribution in [0.3, 0.4) is 0 Å². The van der Waals surface area contributed by atoms with Crippen LogP contribution in [0.15, 0.2) is 48.7 Å². The van der Waals surface area contributed by atoms with Crippen LogP contribution in [0.25, 0.3) is 44.2 Å². The van der Waals surface area contributed by atoms with Gasteiger partial charge in [-0.05, 0) is 117 Å². The van der Waals surface area contributed by atoms with Gasteiger partial charge < -0.3 is 49.3 Å². The van der Waals surface area contributed by atoms with E-state index < -0.39 is 36.4 Å². The van der Waals surface area contributed by atoms with Gasteiger partial charge in [0, 0.05) is 29.6 Å². The molecule has 67 heavy (non-hydrogen) atoms. The third-order valence-corrected chi connectivity index (χ3v) is 13.9. The number of aromatic nitrogens is 4. The normalized spacial score (nSPS) is 18.4. The molecule has 4 N–H and O–H groups in total. The van der Waals surface area contributed by atoms with Gasteiger partial charge in [-0.1, -0.05) is 52.8 Å². The van der Waals surface area contributed by atoms with Crippen LogP contribution >= 0.6 is 0 Å². The van der Waals surface area contributed by atoms with Gasteiger partial charge >= 0.3 is 12.2 Å². The number of carbonyl (C=O) groups excluding carboxylic acids is 4. The van der Waals surface area contributed by atoms with Crippen molar-refractivity contribution >= 4 is 45.8 Å². The fraction of sp³-hybridized carbons (Fsp3) is 0.529. The van der Waals surface area contributed by atoms with E-state index in [0.717, 1.165) is 87.8 Å². The third-order valence-electron chi connectivity index (χ3n) is 13.9. The average molecular weight is 921 g/mol. The molecule has 16 nitrogen and oxygen atoms in total. The van der Waals surface area contributed by atoms with E-state index in [1.54, 1.807) is 18.0 Å². The van der Waals surface area contributed by atoms with Crippen molar-refractivity contribution in [2.24, 2.45) is 11.3 Å². The van der Waals surface area contributed by atoms with Crippen LogP contribution in [0.1, 0.15) is 124 Å². The van der Waals surface area contributed by atoms with Crippen molar-refractivity contribution in [2.75, 3.05) is 27.4 Å². The number of benzene rings is 3. The standard InChI is InChI=1S/C51H68N8O8/c1-12-29(5)58(48(61)43(28(3)4)57-50(63)65-11)31(7)45-52-25-41(55-45)34-15-17-37-35(21-34)26-67-42-23-38-33(22-39(37)42)16-18-40-44(38)56-46(54-40)32(8)59(47(60)30(6)53-49(62)64-10)36(13-2)24-51(9)19-14-20-66-27-51/h15-18,21-23,25,28-32,36,43H,12-14,19-20,24,26-27H2,1-11H3,(H,52,55)(H,53,62)(H,54,56)(H,57,63)/t29-,30-,31-,32-,36+,43-,51?/m0/s1. The number of carbonyl (C=O) groups is 4. The number of hydrogen-bond donors (Lipinski definition) is 4. The molecule has 1 unspecified atom stereocenters. The Bertz CT molecular complexity index is 2600. The van der Waals surface area contributed by atoms with E-state index in [1.165, 1.54) is 14.2 Å². The summed E-state index contributed by atoms with van der Waals surface area (Å²) < 4.78 is 22.1. The summed E-state index contributed by atoms with van der Waals surface area (Å²) in [6.45, 7) is 19.5. The molecule has 0 bridgehead atoms. The molecule has 5 aromatic rings. The minimum atomic E-state index is -0.822. The number of aromatic amines is 2. The first kappa shape index (κ1) is 48.8. The van der Waals surface area contributed by atoms with Crippen LogP contribution in [0.5, 0.6) is 5.75 Å². The van der Waals surface area contributed by atoms with Crippen molar-refractivity contribution in [1.29, 1.82) is 0 Å². The second-order valence-electron chi connectivity index (χ2n) is 19.0. The Hall–Kier alpha value is -6.16. The molecular formula is C51H68N8O8. The molecule has 0 spiro atoms. The third kappa shape index (κ3) is 10.1. The molecule has 4 heterocycles. The van der Waals surface area contributed by atoms with Crippen LogP contribution in [-0.4, -0.2) is 105 Å². The van der Waals surface area contributed by atoms with Gasteiger partial charge in [0.1, 0.15) is 36.1 Å². The molecule has 3 aromatic carbocycles. The number of H-pyrrole nitrogens is 2. The number of alkyl carbamates (subject to hydrolysis) is 2. The highest BCUT2D eigenvalue weighted by molar-refractivity contribution is 6.07. The van der Waals surface area contributed by atoms with E-state index in [0.29, 0.717) is 31.3 Å². The first-order valence-electron chi connectivity index (χ1n) is 23.7. The Morgan fingerprint density at radius 1 is 0.851 bits per heavy atom. The number of rotatable bonds is 16. The van der Waals surface area contributed by atoms with E-state index in [-0.39, 0.29) is 35.2 Å². The Labute approximate surface area is 393 Å². The monoisotopic (exact) mass is 921 g/mol. The highest BCUT2D eigenvalue weighted by Crippen LogP contribution is 2.43. The highest BCUT2D eigenvalue weighted by Gasteiger charge is 2.39. The van der Waals surface area contributed by atoms with Crippen molar-refractivity contribution in [1.82, 2.24) is 40.4 Å². The van der Waals surface area contributed by atoms with Gasteiger partial charge in [0.05, 0.1) is 55.8 Å². The highest BCUT2D eigenvalue weighted by atomic mass is 16.5. The minimum Gasteiger partial charge on any atom is -0.488 e. The molecule has 2 aliphatic heterocycles. The minimum absolute atomic E-state index is 0.0931. The van der Waals surface area contributed by atoms with Gasteiger partial charge in [-0.25, -0.2) is 19.6 Å². The molecule has 0 saturated carbocycles. The molecule has 360 valence electrons. The Kier molecular flexibility index (Phi) is 14.8. The lowest BCUT2D eigenvalue weighted by Gasteiger charge is -2.43. The van der Waals surface area contributed by atoms with Crippen molar-refractivity contribution in [3.63, 3.8) is 0 Å². The summed E-state index contributed by atoms with van der Waals surface area (Å²) in [5.41, 5.74) is 6.32. The van der Waals surface area contributed by atoms with Crippen LogP contribution in [-0.2, 0) is 30.4 Å². The molecule has 2 aromatic heterocycles. The average Bonchev–Trinajstić information content (AvgIpc) is 4.01. The quantitative estimate of drug-likeness (QED) is 0.0741. The Balaban J connectivity index is 1.16. The number of imidazole rings is 2. The molecule has 16 heteroatoms. The maximum atomic E-state index is 14.4. The second-order valence-corrected chi connectivity index (χ2v) is 19.0. The smallest absolute Gasteiger partial charge is 0.407 e. The number of amides is 4. The molecular weight excluding hydrogens is 853 g/mol. The maximum absolute atomic E-state index is 14.4. The summed E-state index contributed by atoms with van der Waals surface area (Å²) in [7, 11) is 2.57. The van der Waals surface area contributed by atoms with E-state index >= 15 is 0 Å². The number of nitrogens with one attached hydrogen (secondary N) is 4. The molecule has 1 fully saturated rings. The van der Waals surface area contributed by atoms with Gasteiger partial charge in [0.25, 0.3) is 0 Å². The summed E-state index contributed by atoms with van der Waals surface area (Å²) >= 11 is 0. The van der Waals surface area contributed by atoms with E-state index in [9.17, 15) is 19.2 Å². The van der Waals surface area contributed by atoms with Crippen LogP contribution < -0.4 is 15.4 Å². The van der Waals surface area contributed by atoms with Crippen molar-refractivity contribution in [3.05, 3.63) is 65.9 Å². The van der Waals surface area contributed by atoms with Crippen LogP contribution in [0.2, 0.25) is 0 Å². The Morgan fingerprint density at radius 2 is 1.58 bits per heavy atom. The zero-order valence-corrected chi connectivity index (χ0v) is 40.9. The SMILES string of the molecule is CC[C@H](CC1(C)CCCOC1)N(C(=O)[C@H](C)NC(=O)OC)[C@@H](C)c1nc2c(ccc3cc4c(cc32)OCc2cc(-c3cnc([C@H](C)N(C(=O)[C@@H](NC(=O)OC)C(C)C)[C@@H](C)CC)[nH]3)ccc2-4)[nH]1. The van der Waals surface area contributed by atoms with Gasteiger partial charge in [0.2, 0.25) is 11.8 Å². The van der Waals surface area contributed by atoms with E-state index in [1.807, 2.05) is 52.5 Å². The number of methoxy groups -OCH3 is 2. The van der Waals surface area contributed by atoms with Gasteiger partial charge in [-0.3, -0.25) is 9.59 Å². The lowest BCUT2D eigenvalue weighted by atomic mass is 9.78. The first-order chi connectivity index (χ1) is 32.0. The van der Waals surface area contributed by atoms with E-state index in [2.05, 4.69) is 70.8 Å². The van der Waals surface area contributed by atoms with E-state index in [4.69, 9.17) is 28.9 Å². The van der Waals surface area contributed by atoms with Gasteiger partial charge in [-0.2, -0.15) is 0 Å². The fourth-order valence-electron chi connectivity index (χ4n) is 9.85. The molecule has 2 aliphatic rings. The van der Waals surface area contributed by atoms with Crippen molar-refractivity contribution in [3.8, 4) is 28.1 Å². The molecule has 0 aliphatic carbocycles. The number of nitrogens with zero attached hydrogens (tertiary/aromatic N) is 4. The Morgan fingerprint density at radius 3 is 2.25 bits per heavy atom. The summed E-state index contributed by atoms with van der Waals surface area (Å²) in [6.07, 6.45) is 4.64. The lowest BCUT2D eigenvalue weighted by molar-refractivity contribution is -0.140. The second kappa shape index (κ2) is 20.4. The number of ether oxygens (including phenoxy) is 4. The predicted octanol–water partition coefficient (Wildman–Crippen LogP) is 9.35. The van der Waals surface area contributed by atoms with Gasteiger partial charge in [0.15, 0.2) is 0 Å². The molecule has 0 radical (unpaired) electrons. The van der Waals surface area contributed by atoms with Crippen molar-refractivity contribution < 1.29 is 38.1 Å². The zero-order valence-electron chi connectivity index (χ0n) is 40.9. The summed E-state index contributed by atoms with van der Waals surface area (Å²) in [5.74, 6) is 1.46. The molecule has 4 amide bonds. The predicted molar refractivity (Wildman–Crippen MR) is 257 cm³/mol. The summed E-state index contributed by atoms with van der Waals surface area (Å²) in [4.78, 5) is 73.5.